The molecule has 0 unspecified atom stereocenters. The average molecular weight is 454 g/mol. The minimum atomic E-state index is -0.398. The SMILES string of the molecule is O=C(c1ccc(Cc2ccccc2)cc1)N(Cc1ccccn1)c1nc2c(F)cccc2s1. The molecule has 0 aliphatic rings. The van der Waals surface area contributed by atoms with Crippen molar-refractivity contribution in [3.63, 3.8) is 0 Å². The average Bonchev–Trinajstić information content (AvgIpc) is 3.29. The molecule has 162 valence electrons. The third-order valence-electron chi connectivity index (χ3n) is 5.33. The van der Waals surface area contributed by atoms with Crippen molar-refractivity contribution in [1.29, 1.82) is 0 Å². The van der Waals surface area contributed by atoms with Crippen LogP contribution in [0, 0.1) is 5.82 Å². The van der Waals surface area contributed by atoms with Crippen molar-refractivity contribution in [2.24, 2.45) is 0 Å². The maximum Gasteiger partial charge on any atom is 0.260 e. The minimum absolute atomic E-state index is 0.202. The van der Waals surface area contributed by atoms with Gasteiger partial charge in [-0.1, -0.05) is 65.9 Å². The predicted octanol–water partition coefficient (Wildman–Crippen LogP) is 6.27. The first kappa shape index (κ1) is 21.0. The zero-order chi connectivity index (χ0) is 22.6. The van der Waals surface area contributed by atoms with Crippen molar-refractivity contribution in [1.82, 2.24) is 9.97 Å². The predicted molar refractivity (Wildman–Crippen MR) is 130 cm³/mol. The standard InChI is InChI=1S/C27H20FN3OS/c28-23-10-6-11-24-25(23)30-27(33-24)31(18-22-9-4-5-16-29-22)26(32)21-14-12-20(13-15-21)17-19-7-2-1-3-8-19/h1-16H,17-18H2. The van der Waals surface area contributed by atoms with Gasteiger partial charge in [0.2, 0.25) is 0 Å². The summed E-state index contributed by atoms with van der Waals surface area (Å²) < 4.78 is 15.0. The van der Waals surface area contributed by atoms with Gasteiger partial charge in [0.05, 0.1) is 16.9 Å². The smallest absolute Gasteiger partial charge is 0.260 e. The highest BCUT2D eigenvalue weighted by atomic mass is 32.1. The van der Waals surface area contributed by atoms with Crippen LogP contribution in [0.15, 0.2) is 97.2 Å². The lowest BCUT2D eigenvalue weighted by atomic mass is 10.0. The van der Waals surface area contributed by atoms with Crippen LogP contribution in [0.3, 0.4) is 0 Å². The molecule has 0 bridgehead atoms. The fraction of sp³-hybridized carbons (Fsp3) is 0.0741. The molecule has 4 nitrogen and oxygen atoms in total. The fourth-order valence-corrected chi connectivity index (χ4v) is 4.63. The van der Waals surface area contributed by atoms with Crippen molar-refractivity contribution >= 4 is 32.6 Å². The Hall–Kier alpha value is -3.90. The Balaban J connectivity index is 1.46. The number of benzene rings is 3. The molecular weight excluding hydrogens is 433 g/mol. The summed E-state index contributed by atoms with van der Waals surface area (Å²) in [6.45, 7) is 0.243. The number of fused-ring (bicyclic) bond motifs is 1. The summed E-state index contributed by atoms with van der Waals surface area (Å²) in [6, 6.07) is 28.2. The van der Waals surface area contributed by atoms with Gasteiger partial charge in [-0.05, 0) is 53.9 Å². The first-order valence-electron chi connectivity index (χ1n) is 10.6. The van der Waals surface area contributed by atoms with E-state index < -0.39 is 5.82 Å². The number of hydrogen-bond acceptors (Lipinski definition) is 4. The first-order chi connectivity index (χ1) is 16.2. The molecule has 6 heteroatoms. The molecule has 5 aromatic rings. The number of carbonyl (C=O) groups excluding carboxylic acids is 1. The van der Waals surface area contributed by atoms with E-state index in [-0.39, 0.29) is 18.0 Å². The van der Waals surface area contributed by atoms with E-state index in [4.69, 9.17) is 0 Å². The zero-order valence-corrected chi connectivity index (χ0v) is 18.5. The van der Waals surface area contributed by atoms with Gasteiger partial charge in [-0.25, -0.2) is 9.37 Å². The number of halogens is 1. The van der Waals surface area contributed by atoms with Crippen LogP contribution in [0.1, 0.15) is 27.2 Å². The monoisotopic (exact) mass is 453 g/mol. The van der Waals surface area contributed by atoms with Crippen LogP contribution in [0.4, 0.5) is 9.52 Å². The second kappa shape index (κ2) is 9.30. The summed E-state index contributed by atoms with van der Waals surface area (Å²) in [6.07, 6.45) is 2.48. The molecule has 2 heterocycles. The van der Waals surface area contributed by atoms with Crippen molar-refractivity contribution in [2.45, 2.75) is 13.0 Å². The van der Waals surface area contributed by atoms with E-state index in [0.717, 1.165) is 17.7 Å². The Labute approximate surface area is 195 Å². The second-order valence-electron chi connectivity index (χ2n) is 7.65. The molecule has 0 N–H and O–H groups in total. The molecule has 2 aromatic heterocycles. The maximum atomic E-state index is 14.3. The van der Waals surface area contributed by atoms with Gasteiger partial charge in [0.1, 0.15) is 11.3 Å². The quantitative estimate of drug-likeness (QED) is 0.304. The summed E-state index contributed by atoms with van der Waals surface area (Å²) in [7, 11) is 0. The van der Waals surface area contributed by atoms with E-state index in [9.17, 15) is 9.18 Å². The van der Waals surface area contributed by atoms with Gasteiger partial charge in [0.25, 0.3) is 5.91 Å². The molecule has 0 spiro atoms. The lowest BCUT2D eigenvalue weighted by molar-refractivity contribution is 0.0985. The normalized spacial score (nSPS) is 10.9. The minimum Gasteiger partial charge on any atom is -0.278 e. The number of pyridine rings is 1. The lowest BCUT2D eigenvalue weighted by Crippen LogP contribution is -2.30. The number of carbonyl (C=O) groups is 1. The van der Waals surface area contributed by atoms with Crippen molar-refractivity contribution < 1.29 is 9.18 Å². The van der Waals surface area contributed by atoms with Gasteiger partial charge < -0.3 is 0 Å². The van der Waals surface area contributed by atoms with Crippen LogP contribution >= 0.6 is 11.3 Å². The van der Waals surface area contributed by atoms with Crippen molar-refractivity contribution in [3.8, 4) is 0 Å². The number of para-hydroxylation sites is 1. The molecule has 33 heavy (non-hydrogen) atoms. The topological polar surface area (TPSA) is 46.1 Å². The molecule has 0 saturated carbocycles. The number of nitrogens with zero attached hydrogens (tertiary/aromatic N) is 3. The fourth-order valence-electron chi connectivity index (χ4n) is 3.65. The number of rotatable bonds is 6. The number of aromatic nitrogens is 2. The summed E-state index contributed by atoms with van der Waals surface area (Å²) >= 11 is 1.29. The van der Waals surface area contributed by atoms with E-state index in [1.54, 1.807) is 23.2 Å². The number of anilines is 1. The molecule has 0 aliphatic carbocycles. The molecule has 1 amide bonds. The van der Waals surface area contributed by atoms with Crippen molar-refractivity contribution in [3.05, 3.63) is 125 Å². The van der Waals surface area contributed by atoms with Gasteiger partial charge >= 0.3 is 0 Å². The summed E-state index contributed by atoms with van der Waals surface area (Å²) in [5, 5.41) is 0.444. The number of thiazole rings is 1. The summed E-state index contributed by atoms with van der Waals surface area (Å²) in [4.78, 5) is 23.9. The van der Waals surface area contributed by atoms with Gasteiger partial charge in [-0.2, -0.15) is 0 Å². The first-order valence-corrected chi connectivity index (χ1v) is 11.4. The molecule has 0 radical (unpaired) electrons. The molecule has 5 rings (SSSR count). The van der Waals surface area contributed by atoms with Crippen LogP contribution < -0.4 is 4.90 Å². The zero-order valence-electron chi connectivity index (χ0n) is 17.7. The van der Waals surface area contributed by atoms with Crippen LogP contribution in [-0.2, 0) is 13.0 Å². The van der Waals surface area contributed by atoms with E-state index in [1.165, 1.54) is 23.0 Å². The second-order valence-corrected chi connectivity index (χ2v) is 8.66. The Morgan fingerprint density at radius 1 is 0.848 bits per heavy atom. The third-order valence-corrected chi connectivity index (χ3v) is 6.38. The van der Waals surface area contributed by atoms with Crippen LogP contribution in [0.25, 0.3) is 10.2 Å². The van der Waals surface area contributed by atoms with Crippen LogP contribution in [-0.4, -0.2) is 15.9 Å². The summed E-state index contributed by atoms with van der Waals surface area (Å²) in [5.41, 5.74) is 3.88. The molecule has 0 saturated heterocycles. The molecule has 3 aromatic carbocycles. The van der Waals surface area contributed by atoms with E-state index in [2.05, 4.69) is 22.1 Å². The Bertz CT molecular complexity index is 1390. The Morgan fingerprint density at radius 2 is 1.61 bits per heavy atom. The van der Waals surface area contributed by atoms with E-state index in [1.807, 2.05) is 60.7 Å². The molecule has 0 fully saturated rings. The van der Waals surface area contributed by atoms with Crippen molar-refractivity contribution in [2.75, 3.05) is 4.90 Å². The van der Waals surface area contributed by atoms with Crippen LogP contribution in [0.5, 0.6) is 0 Å². The Kier molecular flexibility index (Phi) is 5.91. The molecule has 0 aliphatic heterocycles. The van der Waals surface area contributed by atoms with E-state index in [0.29, 0.717) is 15.4 Å². The summed E-state index contributed by atoms with van der Waals surface area (Å²) in [5.74, 6) is -0.600. The van der Waals surface area contributed by atoms with E-state index >= 15 is 0 Å². The highest BCUT2D eigenvalue weighted by Gasteiger charge is 2.23. The number of amides is 1. The maximum absolute atomic E-state index is 14.3. The van der Waals surface area contributed by atoms with Gasteiger partial charge in [-0.3, -0.25) is 14.7 Å². The van der Waals surface area contributed by atoms with Gasteiger partial charge in [-0.15, -0.1) is 0 Å². The molecule has 0 atom stereocenters. The Morgan fingerprint density at radius 3 is 2.33 bits per heavy atom. The molecular formula is C27H20FN3OS. The van der Waals surface area contributed by atoms with Gasteiger partial charge in [0, 0.05) is 11.8 Å². The lowest BCUT2D eigenvalue weighted by Gasteiger charge is -2.20. The highest BCUT2D eigenvalue weighted by Crippen LogP contribution is 2.32. The number of hydrogen-bond donors (Lipinski definition) is 0. The van der Waals surface area contributed by atoms with Gasteiger partial charge in [0.15, 0.2) is 5.13 Å². The third kappa shape index (κ3) is 4.66. The largest absolute Gasteiger partial charge is 0.278 e. The highest BCUT2D eigenvalue weighted by molar-refractivity contribution is 7.22. The van der Waals surface area contributed by atoms with Crippen LogP contribution in [0.2, 0.25) is 0 Å².